The molecule has 5 nitrogen and oxygen atoms in total. The van der Waals surface area contributed by atoms with Crippen molar-refractivity contribution in [3.63, 3.8) is 0 Å². The Morgan fingerprint density at radius 1 is 1.24 bits per heavy atom. The zero-order chi connectivity index (χ0) is 14.7. The van der Waals surface area contributed by atoms with E-state index in [-0.39, 0.29) is 0 Å². The van der Waals surface area contributed by atoms with Crippen LogP contribution in [0.15, 0.2) is 51.7 Å². The molecule has 7 heteroatoms. The van der Waals surface area contributed by atoms with E-state index in [1.807, 2.05) is 30.3 Å². The molecule has 2 aromatic heterocycles. The number of rotatable bonds is 4. The molecule has 0 amide bonds. The van der Waals surface area contributed by atoms with Gasteiger partial charge in [-0.05, 0) is 40.2 Å². The summed E-state index contributed by atoms with van der Waals surface area (Å²) in [7, 11) is 0. The molecule has 0 radical (unpaired) electrons. The minimum absolute atomic E-state index is 0.425. The largest absolute Gasteiger partial charge is 0.376 e. The van der Waals surface area contributed by atoms with Crippen LogP contribution in [0.4, 0.5) is 5.69 Å². The molecule has 0 atom stereocenters. The lowest BCUT2D eigenvalue weighted by Crippen LogP contribution is -1.99. The monoisotopic (exact) mass is 364 g/mol. The summed E-state index contributed by atoms with van der Waals surface area (Å²) >= 11 is 9.28. The van der Waals surface area contributed by atoms with Crippen LogP contribution in [0.25, 0.3) is 11.4 Å². The third kappa shape index (κ3) is 3.59. The topological polar surface area (TPSA) is 63.8 Å². The maximum absolute atomic E-state index is 5.92. The van der Waals surface area contributed by atoms with E-state index >= 15 is 0 Å². The van der Waals surface area contributed by atoms with Gasteiger partial charge in [-0.15, -0.1) is 0 Å². The Bertz CT molecular complexity index is 762. The molecule has 0 saturated heterocycles. The van der Waals surface area contributed by atoms with Gasteiger partial charge in [0.05, 0.1) is 6.54 Å². The van der Waals surface area contributed by atoms with E-state index in [4.69, 9.17) is 16.1 Å². The highest BCUT2D eigenvalue weighted by atomic mass is 79.9. The number of anilines is 1. The van der Waals surface area contributed by atoms with E-state index < -0.39 is 0 Å². The van der Waals surface area contributed by atoms with Crippen molar-refractivity contribution in [3.05, 3.63) is 58.1 Å². The molecule has 0 fully saturated rings. The Morgan fingerprint density at radius 3 is 2.95 bits per heavy atom. The summed E-state index contributed by atoms with van der Waals surface area (Å²) in [6.45, 7) is 0.425. The Morgan fingerprint density at radius 2 is 2.14 bits per heavy atom. The van der Waals surface area contributed by atoms with E-state index in [0.717, 1.165) is 15.7 Å². The lowest BCUT2D eigenvalue weighted by Gasteiger charge is -2.02. The van der Waals surface area contributed by atoms with Gasteiger partial charge in [-0.25, -0.2) is 0 Å². The summed E-state index contributed by atoms with van der Waals surface area (Å²) in [5.74, 6) is 0.997. The van der Waals surface area contributed by atoms with Crippen LogP contribution >= 0.6 is 27.5 Å². The average Bonchev–Trinajstić information content (AvgIpc) is 2.94. The minimum Gasteiger partial charge on any atom is -0.376 e. The lowest BCUT2D eigenvalue weighted by molar-refractivity contribution is 0.384. The van der Waals surface area contributed by atoms with Crippen LogP contribution in [-0.4, -0.2) is 15.1 Å². The number of benzene rings is 1. The highest BCUT2D eigenvalue weighted by molar-refractivity contribution is 9.10. The van der Waals surface area contributed by atoms with Crippen LogP contribution in [0.2, 0.25) is 5.02 Å². The zero-order valence-electron chi connectivity index (χ0n) is 10.8. The minimum atomic E-state index is 0.425. The van der Waals surface area contributed by atoms with Gasteiger partial charge in [-0.3, -0.25) is 4.98 Å². The Labute approximate surface area is 134 Å². The predicted molar refractivity (Wildman–Crippen MR) is 84.0 cm³/mol. The molecule has 3 aromatic rings. The quantitative estimate of drug-likeness (QED) is 0.752. The molecule has 0 spiro atoms. The number of nitrogens with one attached hydrogen (secondary N) is 1. The van der Waals surface area contributed by atoms with Gasteiger partial charge in [0.25, 0.3) is 0 Å². The second-order valence-electron chi connectivity index (χ2n) is 4.27. The molecule has 0 bridgehead atoms. The lowest BCUT2D eigenvalue weighted by atomic mass is 10.3. The van der Waals surface area contributed by atoms with Gasteiger partial charge in [-0.1, -0.05) is 22.8 Å². The van der Waals surface area contributed by atoms with E-state index in [1.165, 1.54) is 0 Å². The zero-order valence-corrected chi connectivity index (χ0v) is 13.1. The summed E-state index contributed by atoms with van der Waals surface area (Å²) in [5.41, 5.74) is 1.69. The van der Waals surface area contributed by atoms with Crippen molar-refractivity contribution in [1.82, 2.24) is 15.1 Å². The first-order valence-electron chi connectivity index (χ1n) is 6.14. The van der Waals surface area contributed by atoms with Crippen molar-refractivity contribution in [2.75, 3.05) is 5.32 Å². The third-order valence-corrected chi connectivity index (χ3v) is 3.37. The number of pyridine rings is 1. The Hall–Kier alpha value is -1.92. The molecule has 0 aliphatic carbocycles. The van der Waals surface area contributed by atoms with Gasteiger partial charge in [0.15, 0.2) is 0 Å². The van der Waals surface area contributed by atoms with Gasteiger partial charge in [0.2, 0.25) is 11.7 Å². The fourth-order valence-electron chi connectivity index (χ4n) is 1.75. The standard InChI is InChI=1S/C14H10BrClN4O/c15-10-4-9(6-17-7-10)14-19-13(21-20-14)8-18-12-3-1-2-11(16)5-12/h1-7,18H,8H2. The highest BCUT2D eigenvalue weighted by Gasteiger charge is 2.09. The number of aromatic nitrogens is 3. The van der Waals surface area contributed by atoms with Crippen molar-refractivity contribution < 1.29 is 4.52 Å². The summed E-state index contributed by atoms with van der Waals surface area (Å²) < 4.78 is 6.08. The molecule has 21 heavy (non-hydrogen) atoms. The van der Waals surface area contributed by atoms with E-state index in [9.17, 15) is 0 Å². The highest BCUT2D eigenvalue weighted by Crippen LogP contribution is 2.20. The van der Waals surface area contributed by atoms with E-state index in [0.29, 0.717) is 23.3 Å². The molecule has 1 N–H and O–H groups in total. The van der Waals surface area contributed by atoms with Crippen LogP contribution in [0.1, 0.15) is 5.89 Å². The summed E-state index contributed by atoms with van der Waals surface area (Å²) in [6.07, 6.45) is 3.38. The van der Waals surface area contributed by atoms with Crippen LogP contribution in [-0.2, 0) is 6.54 Å². The molecular formula is C14H10BrClN4O. The summed E-state index contributed by atoms with van der Waals surface area (Å²) in [6, 6.07) is 9.32. The maximum atomic E-state index is 5.92. The van der Waals surface area contributed by atoms with Crippen molar-refractivity contribution in [2.24, 2.45) is 0 Å². The molecule has 0 unspecified atom stereocenters. The normalized spacial score (nSPS) is 10.6. The smallest absolute Gasteiger partial charge is 0.246 e. The van der Waals surface area contributed by atoms with E-state index in [2.05, 4.69) is 36.4 Å². The second-order valence-corrected chi connectivity index (χ2v) is 5.62. The maximum Gasteiger partial charge on any atom is 0.246 e. The number of halogens is 2. The number of hydrogen-bond donors (Lipinski definition) is 1. The first-order valence-corrected chi connectivity index (χ1v) is 7.31. The van der Waals surface area contributed by atoms with Gasteiger partial charge < -0.3 is 9.84 Å². The molecule has 106 valence electrons. The molecule has 2 heterocycles. The van der Waals surface area contributed by atoms with Gasteiger partial charge in [-0.2, -0.15) is 4.98 Å². The van der Waals surface area contributed by atoms with E-state index in [1.54, 1.807) is 12.4 Å². The molecular weight excluding hydrogens is 356 g/mol. The van der Waals surface area contributed by atoms with Crippen LogP contribution in [0, 0.1) is 0 Å². The third-order valence-electron chi connectivity index (χ3n) is 2.70. The van der Waals surface area contributed by atoms with Gasteiger partial charge in [0, 0.05) is 33.1 Å². The fourth-order valence-corrected chi connectivity index (χ4v) is 2.31. The molecule has 0 saturated carbocycles. The van der Waals surface area contributed by atoms with Gasteiger partial charge in [0.1, 0.15) is 0 Å². The summed E-state index contributed by atoms with van der Waals surface area (Å²) in [5, 5.41) is 7.79. The van der Waals surface area contributed by atoms with Crippen LogP contribution in [0.3, 0.4) is 0 Å². The van der Waals surface area contributed by atoms with Crippen molar-refractivity contribution in [3.8, 4) is 11.4 Å². The first-order chi connectivity index (χ1) is 10.2. The average molecular weight is 366 g/mol. The van der Waals surface area contributed by atoms with Crippen molar-refractivity contribution in [2.45, 2.75) is 6.54 Å². The number of nitrogens with zero attached hydrogens (tertiary/aromatic N) is 3. The SMILES string of the molecule is Clc1cccc(NCc2nc(-c3cncc(Br)c3)no2)c1. The van der Waals surface area contributed by atoms with Crippen molar-refractivity contribution >= 4 is 33.2 Å². The Kier molecular flexibility index (Phi) is 4.17. The van der Waals surface area contributed by atoms with Gasteiger partial charge >= 0.3 is 0 Å². The number of hydrogen-bond acceptors (Lipinski definition) is 5. The molecule has 1 aromatic carbocycles. The van der Waals surface area contributed by atoms with Crippen molar-refractivity contribution in [1.29, 1.82) is 0 Å². The van der Waals surface area contributed by atoms with Crippen LogP contribution < -0.4 is 5.32 Å². The second kappa shape index (κ2) is 6.24. The molecule has 0 aliphatic rings. The Balaban J connectivity index is 1.71. The predicted octanol–water partition coefficient (Wildman–Crippen LogP) is 4.16. The first kappa shape index (κ1) is 14.0. The fraction of sp³-hybridized carbons (Fsp3) is 0.0714. The molecule has 0 aliphatic heterocycles. The summed E-state index contributed by atoms with van der Waals surface area (Å²) in [4.78, 5) is 8.40. The molecule has 3 rings (SSSR count). The van der Waals surface area contributed by atoms with Crippen LogP contribution in [0.5, 0.6) is 0 Å².